The third-order valence-corrected chi connectivity index (χ3v) is 5.78. The van der Waals surface area contributed by atoms with Crippen LogP contribution in [0.4, 0.5) is 0 Å². The quantitative estimate of drug-likeness (QED) is 0.597. The van der Waals surface area contributed by atoms with E-state index in [1.807, 2.05) is 30.3 Å². The standard InChI is InChI=1S/C18H21N3O3S2/c22-11-10-19-6-8-20(9-7-19)16(23)13-21-17(24)15(26-18(21)25)12-14-4-2-1-3-5-14/h1-5,12,22H,6-11,13H2/b15-12+. The van der Waals surface area contributed by atoms with Gasteiger partial charge >= 0.3 is 0 Å². The van der Waals surface area contributed by atoms with Gasteiger partial charge in [0.05, 0.1) is 11.5 Å². The second-order valence-electron chi connectivity index (χ2n) is 6.12. The van der Waals surface area contributed by atoms with Gasteiger partial charge in [0, 0.05) is 32.7 Å². The van der Waals surface area contributed by atoms with Gasteiger partial charge in [0.1, 0.15) is 10.9 Å². The van der Waals surface area contributed by atoms with Crippen molar-refractivity contribution in [2.75, 3.05) is 45.9 Å². The number of piperazine rings is 1. The number of hydrogen-bond donors (Lipinski definition) is 1. The lowest BCUT2D eigenvalue weighted by Gasteiger charge is -2.35. The zero-order chi connectivity index (χ0) is 18.5. The molecule has 0 atom stereocenters. The van der Waals surface area contributed by atoms with Crippen molar-refractivity contribution in [1.82, 2.24) is 14.7 Å². The summed E-state index contributed by atoms with van der Waals surface area (Å²) in [6, 6.07) is 9.58. The molecule has 0 unspecified atom stereocenters. The molecule has 2 fully saturated rings. The molecule has 138 valence electrons. The van der Waals surface area contributed by atoms with Gasteiger partial charge in [-0.2, -0.15) is 0 Å². The molecule has 0 aliphatic carbocycles. The lowest BCUT2D eigenvalue weighted by Crippen LogP contribution is -2.52. The number of thioether (sulfide) groups is 1. The van der Waals surface area contributed by atoms with E-state index < -0.39 is 0 Å². The minimum absolute atomic E-state index is 0.0171. The number of aliphatic hydroxyl groups excluding tert-OH is 1. The van der Waals surface area contributed by atoms with Crippen LogP contribution in [0.15, 0.2) is 35.2 Å². The highest BCUT2D eigenvalue weighted by Gasteiger charge is 2.34. The molecule has 2 heterocycles. The van der Waals surface area contributed by atoms with Gasteiger partial charge in [-0.05, 0) is 11.6 Å². The predicted octanol–water partition coefficient (Wildman–Crippen LogP) is 1.02. The first-order valence-electron chi connectivity index (χ1n) is 8.50. The van der Waals surface area contributed by atoms with Crippen molar-refractivity contribution < 1.29 is 14.7 Å². The van der Waals surface area contributed by atoms with Gasteiger partial charge in [0.25, 0.3) is 5.91 Å². The molecule has 0 spiro atoms. The number of carbonyl (C=O) groups is 2. The lowest BCUT2D eigenvalue weighted by atomic mass is 10.2. The van der Waals surface area contributed by atoms with Crippen LogP contribution in [0.25, 0.3) is 6.08 Å². The number of amides is 2. The van der Waals surface area contributed by atoms with Gasteiger partial charge in [-0.25, -0.2) is 0 Å². The first-order chi connectivity index (χ1) is 12.6. The average Bonchev–Trinajstić information content (AvgIpc) is 2.91. The van der Waals surface area contributed by atoms with Crippen LogP contribution >= 0.6 is 24.0 Å². The monoisotopic (exact) mass is 391 g/mol. The second kappa shape index (κ2) is 8.77. The molecule has 0 radical (unpaired) electrons. The Labute approximate surface area is 162 Å². The topological polar surface area (TPSA) is 64.1 Å². The van der Waals surface area contributed by atoms with Crippen LogP contribution in [-0.4, -0.2) is 81.8 Å². The Morgan fingerprint density at radius 1 is 1.19 bits per heavy atom. The van der Waals surface area contributed by atoms with Gasteiger partial charge in [-0.1, -0.05) is 54.3 Å². The van der Waals surface area contributed by atoms with Crippen molar-refractivity contribution >= 4 is 46.2 Å². The molecule has 1 aromatic carbocycles. The molecule has 2 saturated heterocycles. The largest absolute Gasteiger partial charge is 0.395 e. The van der Waals surface area contributed by atoms with E-state index in [1.54, 1.807) is 11.0 Å². The average molecular weight is 392 g/mol. The summed E-state index contributed by atoms with van der Waals surface area (Å²) >= 11 is 6.54. The molecule has 0 saturated carbocycles. The van der Waals surface area contributed by atoms with Crippen LogP contribution < -0.4 is 0 Å². The maximum Gasteiger partial charge on any atom is 0.266 e. The normalized spacial score (nSPS) is 20.3. The minimum atomic E-state index is -0.212. The van der Waals surface area contributed by atoms with E-state index in [1.165, 1.54) is 16.7 Å². The minimum Gasteiger partial charge on any atom is -0.395 e. The third kappa shape index (κ3) is 4.50. The number of nitrogens with zero attached hydrogens (tertiary/aromatic N) is 3. The van der Waals surface area contributed by atoms with E-state index in [2.05, 4.69) is 4.90 Å². The van der Waals surface area contributed by atoms with Crippen LogP contribution in [0.2, 0.25) is 0 Å². The predicted molar refractivity (Wildman–Crippen MR) is 106 cm³/mol. The fourth-order valence-electron chi connectivity index (χ4n) is 2.93. The molecule has 1 aromatic rings. The van der Waals surface area contributed by atoms with E-state index >= 15 is 0 Å². The van der Waals surface area contributed by atoms with Gasteiger partial charge < -0.3 is 10.0 Å². The molecule has 3 rings (SSSR count). The molecule has 0 aromatic heterocycles. The molecule has 8 heteroatoms. The Hall–Kier alpha value is -1.74. The van der Waals surface area contributed by atoms with Crippen LogP contribution in [-0.2, 0) is 9.59 Å². The fraction of sp³-hybridized carbons (Fsp3) is 0.389. The van der Waals surface area contributed by atoms with Gasteiger partial charge in [0.2, 0.25) is 5.91 Å². The highest BCUT2D eigenvalue weighted by atomic mass is 32.2. The van der Waals surface area contributed by atoms with Crippen LogP contribution in [0.5, 0.6) is 0 Å². The molecule has 2 amide bonds. The first kappa shape index (κ1) is 19.0. The maximum atomic E-state index is 12.6. The second-order valence-corrected chi connectivity index (χ2v) is 7.80. The summed E-state index contributed by atoms with van der Waals surface area (Å²) in [5.41, 5.74) is 0.930. The number of aliphatic hydroxyl groups is 1. The molecule has 2 aliphatic heterocycles. The van der Waals surface area contributed by atoms with Crippen LogP contribution in [0, 0.1) is 0 Å². The van der Waals surface area contributed by atoms with Crippen molar-refractivity contribution in [3.05, 3.63) is 40.8 Å². The zero-order valence-corrected chi connectivity index (χ0v) is 16.0. The molecule has 1 N–H and O–H groups in total. The summed E-state index contributed by atoms with van der Waals surface area (Å²) in [7, 11) is 0. The number of hydrogen-bond acceptors (Lipinski definition) is 6. The van der Waals surface area contributed by atoms with Crippen molar-refractivity contribution in [1.29, 1.82) is 0 Å². The molecule has 6 nitrogen and oxygen atoms in total. The number of rotatable bonds is 5. The molecule has 26 heavy (non-hydrogen) atoms. The van der Waals surface area contributed by atoms with E-state index in [-0.39, 0.29) is 25.0 Å². The number of carbonyl (C=O) groups excluding carboxylic acids is 2. The summed E-state index contributed by atoms with van der Waals surface area (Å²) in [6.07, 6.45) is 1.80. The number of β-amino-alcohol motifs (C(OH)–C–C–N with tert-alkyl or cyclic N) is 1. The van der Waals surface area contributed by atoms with Crippen molar-refractivity contribution in [3.8, 4) is 0 Å². The lowest BCUT2D eigenvalue weighted by molar-refractivity contribution is -0.136. The van der Waals surface area contributed by atoms with Gasteiger partial charge in [-0.15, -0.1) is 0 Å². The third-order valence-electron chi connectivity index (χ3n) is 4.41. The van der Waals surface area contributed by atoms with Gasteiger partial charge in [0.15, 0.2) is 0 Å². The smallest absolute Gasteiger partial charge is 0.266 e. The maximum absolute atomic E-state index is 12.6. The summed E-state index contributed by atoms with van der Waals surface area (Å²) < 4.78 is 0.421. The summed E-state index contributed by atoms with van der Waals surface area (Å²) in [5, 5.41) is 8.98. The summed E-state index contributed by atoms with van der Waals surface area (Å²) in [6.45, 7) is 3.41. The van der Waals surface area contributed by atoms with Crippen molar-refractivity contribution in [3.63, 3.8) is 0 Å². The van der Waals surface area contributed by atoms with E-state index in [0.29, 0.717) is 28.9 Å². The fourth-order valence-corrected chi connectivity index (χ4v) is 4.19. The zero-order valence-electron chi connectivity index (χ0n) is 14.3. The van der Waals surface area contributed by atoms with E-state index in [0.717, 1.165) is 18.7 Å². The Bertz CT molecular complexity index is 716. The number of benzene rings is 1. The molecule has 2 aliphatic rings. The van der Waals surface area contributed by atoms with Crippen molar-refractivity contribution in [2.45, 2.75) is 0 Å². The Morgan fingerprint density at radius 2 is 1.88 bits per heavy atom. The molecular formula is C18H21N3O3S2. The van der Waals surface area contributed by atoms with Crippen LogP contribution in [0.3, 0.4) is 0 Å². The highest BCUT2D eigenvalue weighted by molar-refractivity contribution is 8.26. The van der Waals surface area contributed by atoms with E-state index in [9.17, 15) is 9.59 Å². The SMILES string of the molecule is O=C(CN1C(=O)/C(=C\c2ccccc2)SC1=S)N1CCN(CCO)CC1. The molecule has 0 bridgehead atoms. The van der Waals surface area contributed by atoms with E-state index in [4.69, 9.17) is 17.3 Å². The van der Waals surface area contributed by atoms with Crippen LogP contribution in [0.1, 0.15) is 5.56 Å². The molecular weight excluding hydrogens is 370 g/mol. The van der Waals surface area contributed by atoms with Gasteiger partial charge in [-0.3, -0.25) is 19.4 Å². The first-order valence-corrected chi connectivity index (χ1v) is 9.72. The summed E-state index contributed by atoms with van der Waals surface area (Å²) in [5.74, 6) is -0.304. The number of thiocarbonyl (C=S) groups is 1. The summed E-state index contributed by atoms with van der Waals surface area (Å²) in [4.78, 5) is 31.0. The Balaban J connectivity index is 1.60. The highest BCUT2D eigenvalue weighted by Crippen LogP contribution is 2.32. The Kier molecular flexibility index (Phi) is 6.42. The van der Waals surface area contributed by atoms with Crippen molar-refractivity contribution in [2.24, 2.45) is 0 Å². The Morgan fingerprint density at radius 3 is 2.54 bits per heavy atom.